The molecular weight excluding hydrogens is 262 g/mol. The molecule has 0 aromatic carbocycles. The number of rotatable bonds is 15. The standard InChI is InChI=1S/C18H37NO2/c1-3-5-6-7-8-9-10-11-12-13-14-15-16-17(4-2)18(20)19-21/h17,21H,3-16H2,1-2H3,(H,19,20). The van der Waals surface area contributed by atoms with Crippen molar-refractivity contribution >= 4 is 5.91 Å². The average molecular weight is 299 g/mol. The molecule has 3 heteroatoms. The lowest BCUT2D eigenvalue weighted by Crippen LogP contribution is -2.27. The molecule has 1 amide bonds. The molecular formula is C18H37NO2. The number of hydrogen-bond acceptors (Lipinski definition) is 2. The fourth-order valence-corrected chi connectivity index (χ4v) is 2.84. The molecule has 1 atom stereocenters. The van der Waals surface area contributed by atoms with Crippen LogP contribution in [-0.2, 0) is 4.79 Å². The Hall–Kier alpha value is -0.570. The molecule has 0 aliphatic heterocycles. The summed E-state index contributed by atoms with van der Waals surface area (Å²) < 4.78 is 0. The second kappa shape index (κ2) is 15.8. The first-order valence-corrected chi connectivity index (χ1v) is 9.20. The summed E-state index contributed by atoms with van der Waals surface area (Å²) in [6.07, 6.45) is 17.8. The normalized spacial score (nSPS) is 12.3. The minimum atomic E-state index is -0.222. The van der Waals surface area contributed by atoms with E-state index in [9.17, 15) is 4.79 Å². The van der Waals surface area contributed by atoms with Gasteiger partial charge in [0.25, 0.3) is 0 Å². The Kier molecular flexibility index (Phi) is 15.4. The number of hydroxylamine groups is 1. The quantitative estimate of drug-likeness (QED) is 0.234. The second-order valence-electron chi connectivity index (χ2n) is 6.26. The molecule has 0 saturated heterocycles. The van der Waals surface area contributed by atoms with Crippen molar-refractivity contribution in [2.24, 2.45) is 5.92 Å². The van der Waals surface area contributed by atoms with Crippen molar-refractivity contribution in [3.05, 3.63) is 0 Å². The molecule has 21 heavy (non-hydrogen) atoms. The van der Waals surface area contributed by atoms with Gasteiger partial charge in [0.15, 0.2) is 0 Å². The van der Waals surface area contributed by atoms with Crippen LogP contribution in [0.4, 0.5) is 0 Å². The smallest absolute Gasteiger partial charge is 0.246 e. The van der Waals surface area contributed by atoms with Crippen LogP contribution in [0.5, 0.6) is 0 Å². The van der Waals surface area contributed by atoms with Crippen molar-refractivity contribution < 1.29 is 10.0 Å². The average Bonchev–Trinajstić information content (AvgIpc) is 2.51. The fraction of sp³-hybridized carbons (Fsp3) is 0.944. The Bertz CT molecular complexity index is 231. The summed E-state index contributed by atoms with van der Waals surface area (Å²) in [5, 5.41) is 8.63. The van der Waals surface area contributed by atoms with E-state index in [1.54, 1.807) is 5.48 Å². The molecule has 0 radical (unpaired) electrons. The molecule has 0 heterocycles. The van der Waals surface area contributed by atoms with Crippen LogP contribution in [0.3, 0.4) is 0 Å². The molecule has 0 rings (SSSR count). The lowest BCUT2D eigenvalue weighted by atomic mass is 9.97. The van der Waals surface area contributed by atoms with Gasteiger partial charge in [0.1, 0.15) is 0 Å². The second-order valence-corrected chi connectivity index (χ2v) is 6.26. The molecule has 0 aromatic heterocycles. The van der Waals surface area contributed by atoms with Crippen molar-refractivity contribution in [3.63, 3.8) is 0 Å². The zero-order valence-corrected chi connectivity index (χ0v) is 14.3. The summed E-state index contributed by atoms with van der Waals surface area (Å²) in [6, 6.07) is 0. The van der Waals surface area contributed by atoms with Gasteiger partial charge in [0.05, 0.1) is 0 Å². The molecule has 0 aliphatic rings. The van der Waals surface area contributed by atoms with Crippen molar-refractivity contribution in [1.29, 1.82) is 0 Å². The van der Waals surface area contributed by atoms with Crippen LogP contribution < -0.4 is 5.48 Å². The van der Waals surface area contributed by atoms with Crippen LogP contribution in [0, 0.1) is 5.92 Å². The summed E-state index contributed by atoms with van der Waals surface area (Å²) in [6.45, 7) is 4.26. The van der Waals surface area contributed by atoms with Crippen molar-refractivity contribution in [2.75, 3.05) is 0 Å². The molecule has 3 nitrogen and oxygen atoms in total. The Labute approximate surface area is 131 Å². The molecule has 0 bridgehead atoms. The van der Waals surface area contributed by atoms with Gasteiger partial charge < -0.3 is 0 Å². The van der Waals surface area contributed by atoms with E-state index in [0.717, 1.165) is 19.3 Å². The van der Waals surface area contributed by atoms with E-state index >= 15 is 0 Å². The van der Waals surface area contributed by atoms with E-state index in [1.807, 2.05) is 6.92 Å². The van der Waals surface area contributed by atoms with Crippen LogP contribution in [0.1, 0.15) is 104 Å². The van der Waals surface area contributed by atoms with Gasteiger partial charge in [-0.25, -0.2) is 5.48 Å². The van der Waals surface area contributed by atoms with E-state index in [1.165, 1.54) is 70.6 Å². The van der Waals surface area contributed by atoms with Crippen molar-refractivity contribution in [1.82, 2.24) is 5.48 Å². The molecule has 0 saturated carbocycles. The molecule has 0 fully saturated rings. The summed E-state index contributed by atoms with van der Waals surface area (Å²) in [7, 11) is 0. The minimum absolute atomic E-state index is 0.0156. The third kappa shape index (κ3) is 12.9. The van der Waals surface area contributed by atoms with E-state index < -0.39 is 0 Å². The Morgan fingerprint density at radius 3 is 1.62 bits per heavy atom. The fourth-order valence-electron chi connectivity index (χ4n) is 2.84. The number of nitrogens with one attached hydrogen (secondary N) is 1. The number of carbonyl (C=O) groups excluding carboxylic acids is 1. The monoisotopic (exact) mass is 299 g/mol. The van der Waals surface area contributed by atoms with Crippen LogP contribution in [-0.4, -0.2) is 11.1 Å². The van der Waals surface area contributed by atoms with Gasteiger partial charge in [0, 0.05) is 5.92 Å². The molecule has 0 spiro atoms. The van der Waals surface area contributed by atoms with Gasteiger partial charge in [-0.15, -0.1) is 0 Å². The largest absolute Gasteiger partial charge is 0.289 e. The summed E-state index contributed by atoms with van der Waals surface area (Å²) in [5.74, 6) is -0.237. The lowest BCUT2D eigenvalue weighted by molar-refractivity contribution is -0.133. The van der Waals surface area contributed by atoms with Crippen LogP contribution in [0.2, 0.25) is 0 Å². The predicted molar refractivity (Wildman–Crippen MR) is 89.4 cm³/mol. The van der Waals surface area contributed by atoms with Crippen LogP contribution in [0.25, 0.3) is 0 Å². The Balaban J connectivity index is 3.23. The highest BCUT2D eigenvalue weighted by Crippen LogP contribution is 2.16. The van der Waals surface area contributed by atoms with Crippen LogP contribution >= 0.6 is 0 Å². The zero-order chi connectivity index (χ0) is 15.8. The summed E-state index contributed by atoms with van der Waals surface area (Å²) in [5.41, 5.74) is 1.77. The molecule has 126 valence electrons. The van der Waals surface area contributed by atoms with E-state index in [0.29, 0.717) is 0 Å². The summed E-state index contributed by atoms with van der Waals surface area (Å²) >= 11 is 0. The van der Waals surface area contributed by atoms with Gasteiger partial charge in [0.2, 0.25) is 5.91 Å². The topological polar surface area (TPSA) is 49.3 Å². The van der Waals surface area contributed by atoms with E-state index in [-0.39, 0.29) is 11.8 Å². The van der Waals surface area contributed by atoms with Gasteiger partial charge in [-0.2, -0.15) is 0 Å². The van der Waals surface area contributed by atoms with Gasteiger partial charge >= 0.3 is 0 Å². The summed E-state index contributed by atoms with van der Waals surface area (Å²) in [4.78, 5) is 11.3. The first-order valence-electron chi connectivity index (χ1n) is 9.20. The third-order valence-corrected chi connectivity index (χ3v) is 4.38. The maximum absolute atomic E-state index is 11.3. The predicted octanol–water partition coefficient (Wildman–Crippen LogP) is 5.61. The number of amides is 1. The first-order chi connectivity index (χ1) is 10.3. The lowest BCUT2D eigenvalue weighted by Gasteiger charge is -2.11. The number of hydrogen-bond donors (Lipinski definition) is 2. The highest BCUT2D eigenvalue weighted by atomic mass is 16.5. The molecule has 1 unspecified atom stereocenters. The molecule has 0 aromatic rings. The maximum Gasteiger partial charge on any atom is 0.246 e. The highest BCUT2D eigenvalue weighted by molar-refractivity contribution is 5.77. The van der Waals surface area contributed by atoms with Crippen molar-refractivity contribution in [3.8, 4) is 0 Å². The van der Waals surface area contributed by atoms with Crippen molar-refractivity contribution in [2.45, 2.75) is 104 Å². The Morgan fingerprint density at radius 2 is 1.24 bits per heavy atom. The highest BCUT2D eigenvalue weighted by Gasteiger charge is 2.14. The molecule has 0 aliphatic carbocycles. The van der Waals surface area contributed by atoms with Gasteiger partial charge in [-0.1, -0.05) is 90.9 Å². The Morgan fingerprint density at radius 1 is 0.810 bits per heavy atom. The maximum atomic E-state index is 11.3. The minimum Gasteiger partial charge on any atom is -0.289 e. The van der Waals surface area contributed by atoms with Crippen LogP contribution in [0.15, 0.2) is 0 Å². The first kappa shape index (κ1) is 20.4. The van der Waals surface area contributed by atoms with Gasteiger partial charge in [-0.3, -0.25) is 10.0 Å². The number of unbranched alkanes of at least 4 members (excludes halogenated alkanes) is 11. The SMILES string of the molecule is CCCCCCCCCCCCCCC(CC)C(=O)NO. The van der Waals surface area contributed by atoms with Gasteiger partial charge in [-0.05, 0) is 12.8 Å². The number of carbonyl (C=O) groups is 1. The zero-order valence-electron chi connectivity index (χ0n) is 14.3. The third-order valence-electron chi connectivity index (χ3n) is 4.38. The van der Waals surface area contributed by atoms with E-state index in [4.69, 9.17) is 5.21 Å². The molecule has 2 N–H and O–H groups in total. The van der Waals surface area contributed by atoms with E-state index in [2.05, 4.69) is 6.92 Å².